The maximum atomic E-state index is 13.3. The molecule has 1 aromatic heterocycles. The molecule has 4 nitrogen and oxygen atoms in total. The fraction of sp³-hybridized carbons (Fsp3) is 0.182. The van der Waals surface area contributed by atoms with Gasteiger partial charge in [0.25, 0.3) is 0 Å². The van der Waals surface area contributed by atoms with Crippen LogP contribution in [0.1, 0.15) is 0 Å². The van der Waals surface area contributed by atoms with E-state index < -0.39 is 23.2 Å². The minimum Gasteiger partial charge on any atom is -0.320 e. The van der Waals surface area contributed by atoms with Gasteiger partial charge in [-0.15, -0.1) is 10.2 Å². The number of hydrogen-bond donors (Lipinski definition) is 1. The zero-order valence-corrected chi connectivity index (χ0v) is 12.7. The number of thioether (sulfide) groups is 2. The highest BCUT2D eigenvalue weighted by Crippen LogP contribution is 2.27. The van der Waals surface area contributed by atoms with Crippen LogP contribution in [0.5, 0.6) is 0 Å². The summed E-state index contributed by atoms with van der Waals surface area (Å²) in [6.07, 6.45) is 1.88. The molecule has 20 heavy (non-hydrogen) atoms. The number of aromatic nitrogens is 2. The van der Waals surface area contributed by atoms with E-state index in [1.807, 2.05) is 6.26 Å². The van der Waals surface area contributed by atoms with Crippen molar-refractivity contribution in [1.29, 1.82) is 0 Å². The van der Waals surface area contributed by atoms with Crippen LogP contribution in [0.2, 0.25) is 0 Å². The van der Waals surface area contributed by atoms with Crippen molar-refractivity contribution in [3.8, 4) is 0 Å². The first-order valence-electron chi connectivity index (χ1n) is 5.34. The molecule has 9 heteroatoms. The molecule has 0 unspecified atom stereocenters. The van der Waals surface area contributed by atoms with Gasteiger partial charge < -0.3 is 5.32 Å². The van der Waals surface area contributed by atoms with Gasteiger partial charge in [-0.3, -0.25) is 4.79 Å². The van der Waals surface area contributed by atoms with Crippen LogP contribution >= 0.6 is 34.9 Å². The molecule has 106 valence electrons. The van der Waals surface area contributed by atoms with Gasteiger partial charge in [-0.1, -0.05) is 40.9 Å². The van der Waals surface area contributed by atoms with Gasteiger partial charge in [0.2, 0.25) is 5.91 Å². The van der Waals surface area contributed by atoms with E-state index in [-0.39, 0.29) is 5.75 Å². The second-order valence-corrected chi connectivity index (χ2v) is 6.72. The van der Waals surface area contributed by atoms with Crippen molar-refractivity contribution in [1.82, 2.24) is 10.2 Å². The van der Waals surface area contributed by atoms with Crippen molar-refractivity contribution in [2.75, 3.05) is 17.3 Å². The first-order chi connectivity index (χ1) is 9.60. The Morgan fingerprint density at radius 2 is 1.95 bits per heavy atom. The number of hydrogen-bond acceptors (Lipinski definition) is 6. The highest BCUT2D eigenvalue weighted by atomic mass is 32.2. The van der Waals surface area contributed by atoms with Crippen molar-refractivity contribution in [3.05, 3.63) is 29.8 Å². The molecular weight excluding hydrogens is 324 g/mol. The van der Waals surface area contributed by atoms with Gasteiger partial charge in [-0.05, 0) is 18.4 Å². The molecular formula is C11H9F2N3OS3. The molecule has 0 bridgehead atoms. The van der Waals surface area contributed by atoms with Crippen molar-refractivity contribution in [2.45, 2.75) is 8.68 Å². The van der Waals surface area contributed by atoms with Crippen molar-refractivity contribution in [2.24, 2.45) is 0 Å². The Morgan fingerprint density at radius 3 is 2.55 bits per heavy atom. The van der Waals surface area contributed by atoms with Crippen LogP contribution in [0, 0.1) is 11.6 Å². The second kappa shape index (κ2) is 7.00. The van der Waals surface area contributed by atoms with Crippen LogP contribution in [-0.4, -0.2) is 28.1 Å². The van der Waals surface area contributed by atoms with E-state index in [0.717, 1.165) is 16.5 Å². The summed E-state index contributed by atoms with van der Waals surface area (Å²) < 4.78 is 28.1. The summed E-state index contributed by atoms with van der Waals surface area (Å²) in [7, 11) is 0. The Labute approximate surface area is 126 Å². The maximum absolute atomic E-state index is 13.3. The molecule has 0 fully saturated rings. The maximum Gasteiger partial charge on any atom is 0.234 e. The Hall–Kier alpha value is -1.19. The van der Waals surface area contributed by atoms with Gasteiger partial charge in [-0.2, -0.15) is 0 Å². The molecule has 1 aromatic carbocycles. The number of carbonyl (C=O) groups is 1. The van der Waals surface area contributed by atoms with Crippen LogP contribution in [-0.2, 0) is 4.79 Å². The monoisotopic (exact) mass is 333 g/mol. The molecule has 2 rings (SSSR count). The number of nitrogens with zero attached hydrogens (tertiary/aromatic N) is 2. The second-order valence-electron chi connectivity index (χ2n) is 3.47. The predicted octanol–water partition coefficient (Wildman–Crippen LogP) is 3.27. The average molecular weight is 333 g/mol. The van der Waals surface area contributed by atoms with Crippen LogP contribution in [0.3, 0.4) is 0 Å². The molecule has 2 aromatic rings. The minimum absolute atomic E-state index is 0.0107. The summed E-state index contributed by atoms with van der Waals surface area (Å²) in [5, 5.41) is 9.98. The lowest BCUT2D eigenvalue weighted by Gasteiger charge is -2.06. The highest BCUT2D eigenvalue weighted by molar-refractivity contribution is 8.03. The number of rotatable bonds is 5. The van der Waals surface area contributed by atoms with E-state index in [2.05, 4.69) is 15.5 Å². The molecule has 0 aliphatic heterocycles. The molecule has 0 atom stereocenters. The summed E-state index contributed by atoms with van der Waals surface area (Å²) in [5.74, 6) is -2.09. The number of amides is 1. The lowest BCUT2D eigenvalue weighted by Crippen LogP contribution is -2.16. The number of para-hydroxylation sites is 1. The molecule has 1 heterocycles. The standard InChI is InChI=1S/C11H9F2N3OS3/c1-18-10-15-16-11(20-10)19-5-8(17)14-9-6(12)3-2-4-7(9)13/h2-4H,5H2,1H3,(H,14,17). The van der Waals surface area contributed by atoms with Crippen LogP contribution in [0.25, 0.3) is 0 Å². The summed E-state index contributed by atoms with van der Waals surface area (Å²) in [6.45, 7) is 0. The number of anilines is 1. The third kappa shape index (κ3) is 3.90. The van der Waals surface area contributed by atoms with Crippen LogP contribution in [0.4, 0.5) is 14.5 Å². The largest absolute Gasteiger partial charge is 0.320 e. The van der Waals surface area contributed by atoms with Crippen LogP contribution < -0.4 is 5.32 Å². The molecule has 0 spiro atoms. The van der Waals surface area contributed by atoms with Gasteiger partial charge in [-0.25, -0.2) is 8.78 Å². The highest BCUT2D eigenvalue weighted by Gasteiger charge is 2.13. The summed E-state index contributed by atoms with van der Waals surface area (Å²) in [5.41, 5.74) is -0.430. The Bertz CT molecular complexity index is 600. The lowest BCUT2D eigenvalue weighted by molar-refractivity contribution is -0.113. The smallest absolute Gasteiger partial charge is 0.234 e. The van der Waals surface area contributed by atoms with E-state index >= 15 is 0 Å². The number of nitrogens with one attached hydrogen (secondary N) is 1. The normalized spacial score (nSPS) is 10.6. The molecule has 1 N–H and O–H groups in total. The Kier molecular flexibility index (Phi) is 5.32. The fourth-order valence-corrected chi connectivity index (χ4v) is 3.50. The summed E-state index contributed by atoms with van der Waals surface area (Å²) >= 11 is 4.00. The summed E-state index contributed by atoms with van der Waals surface area (Å²) in [6, 6.07) is 3.41. The number of carbonyl (C=O) groups excluding carboxylic acids is 1. The van der Waals surface area contributed by atoms with Crippen molar-refractivity contribution < 1.29 is 13.6 Å². The van der Waals surface area contributed by atoms with Crippen LogP contribution in [0.15, 0.2) is 26.9 Å². The van der Waals surface area contributed by atoms with Gasteiger partial charge in [0.05, 0.1) is 5.75 Å². The van der Waals surface area contributed by atoms with E-state index in [1.165, 1.54) is 40.9 Å². The first kappa shape index (κ1) is 15.2. The molecule has 0 saturated heterocycles. The SMILES string of the molecule is CSc1nnc(SCC(=O)Nc2c(F)cccc2F)s1. The van der Waals surface area contributed by atoms with Gasteiger partial charge in [0, 0.05) is 0 Å². The quantitative estimate of drug-likeness (QED) is 0.851. The first-order valence-corrected chi connectivity index (χ1v) is 8.37. The predicted molar refractivity (Wildman–Crippen MR) is 77.4 cm³/mol. The van der Waals surface area contributed by atoms with Gasteiger partial charge in [0.15, 0.2) is 8.68 Å². The minimum atomic E-state index is -0.802. The Morgan fingerprint density at radius 1 is 1.30 bits per heavy atom. The van der Waals surface area contributed by atoms with E-state index in [1.54, 1.807) is 0 Å². The molecule has 1 amide bonds. The molecule has 0 aliphatic rings. The third-order valence-corrected chi connectivity index (χ3v) is 5.15. The zero-order chi connectivity index (χ0) is 14.5. The molecule has 0 saturated carbocycles. The third-order valence-electron chi connectivity index (χ3n) is 2.12. The molecule has 0 aliphatic carbocycles. The van der Waals surface area contributed by atoms with E-state index in [9.17, 15) is 13.6 Å². The zero-order valence-electron chi connectivity index (χ0n) is 10.2. The van der Waals surface area contributed by atoms with Gasteiger partial charge >= 0.3 is 0 Å². The number of halogens is 2. The average Bonchev–Trinajstić information content (AvgIpc) is 2.89. The molecule has 0 radical (unpaired) electrons. The van der Waals surface area contributed by atoms with Crippen molar-refractivity contribution in [3.63, 3.8) is 0 Å². The topological polar surface area (TPSA) is 54.9 Å². The summed E-state index contributed by atoms with van der Waals surface area (Å²) in [4.78, 5) is 11.7. The van der Waals surface area contributed by atoms with Crippen molar-refractivity contribution >= 4 is 46.5 Å². The van der Waals surface area contributed by atoms with Gasteiger partial charge in [0.1, 0.15) is 17.3 Å². The number of benzene rings is 1. The lowest BCUT2D eigenvalue weighted by atomic mass is 10.3. The van der Waals surface area contributed by atoms with E-state index in [0.29, 0.717) is 4.34 Å². The van der Waals surface area contributed by atoms with E-state index in [4.69, 9.17) is 0 Å². The fourth-order valence-electron chi connectivity index (χ4n) is 1.26. The Balaban J connectivity index is 1.92.